The van der Waals surface area contributed by atoms with E-state index in [4.69, 9.17) is 24.2 Å². The number of esters is 1. The van der Waals surface area contributed by atoms with Crippen molar-refractivity contribution in [3.8, 4) is 22.2 Å². The Morgan fingerprint density at radius 1 is 1.17 bits per heavy atom. The van der Waals surface area contributed by atoms with Gasteiger partial charge in [-0.15, -0.1) is 17.1 Å². The minimum Gasteiger partial charge on any atom is -0.496 e. The van der Waals surface area contributed by atoms with Gasteiger partial charge in [-0.1, -0.05) is 13.8 Å². The zero-order valence-corrected chi connectivity index (χ0v) is 29.4. The van der Waals surface area contributed by atoms with Crippen LogP contribution in [0.15, 0.2) is 41.0 Å². The molecule has 0 radical (unpaired) electrons. The lowest BCUT2D eigenvalue weighted by Gasteiger charge is -2.26. The fraction of sp³-hybridized carbons (Fsp3) is 0.514. The van der Waals surface area contributed by atoms with Crippen molar-refractivity contribution in [2.75, 3.05) is 27.3 Å². The van der Waals surface area contributed by atoms with Crippen molar-refractivity contribution < 1.29 is 28.6 Å². The average Bonchev–Trinajstić information content (AvgIpc) is 3.37. The Labute approximate surface area is 285 Å². The highest BCUT2D eigenvalue weighted by molar-refractivity contribution is 7.13. The van der Waals surface area contributed by atoms with Crippen LogP contribution in [0.4, 0.5) is 0 Å². The molecule has 1 aromatic carbocycles. The van der Waals surface area contributed by atoms with Crippen LogP contribution in [0.5, 0.6) is 11.5 Å². The van der Waals surface area contributed by atoms with E-state index in [1.807, 2.05) is 31.2 Å². The van der Waals surface area contributed by atoms with Crippen LogP contribution in [0.1, 0.15) is 76.5 Å². The number of hydrogen-bond donors (Lipinski definition) is 1. The molecule has 3 aromatic rings. The molecule has 4 atom stereocenters. The fourth-order valence-electron chi connectivity index (χ4n) is 6.81. The smallest absolute Gasteiger partial charge is 0.337 e. The molecule has 0 saturated heterocycles. The third-order valence-electron chi connectivity index (χ3n) is 9.70. The van der Waals surface area contributed by atoms with Crippen LogP contribution in [-0.4, -0.2) is 71.6 Å². The van der Waals surface area contributed by atoms with Crippen LogP contribution in [0.25, 0.3) is 21.6 Å². The number of hydrogen-bond acceptors (Lipinski definition) is 9. The van der Waals surface area contributed by atoms with Crippen LogP contribution in [0, 0.1) is 18.8 Å². The number of ether oxygens (including phenoxy) is 3. The highest BCUT2D eigenvalue weighted by atomic mass is 32.1. The quantitative estimate of drug-likeness (QED) is 0.236. The van der Waals surface area contributed by atoms with Gasteiger partial charge in [0.2, 0.25) is 11.8 Å². The van der Waals surface area contributed by atoms with Gasteiger partial charge in [0.15, 0.2) is 5.54 Å². The zero-order valence-electron chi connectivity index (χ0n) is 28.6. The van der Waals surface area contributed by atoms with Crippen molar-refractivity contribution in [2.24, 2.45) is 11.8 Å². The molecule has 2 aliphatic carbocycles. The fourth-order valence-corrected chi connectivity index (χ4v) is 7.75. The predicted octanol–water partition coefficient (Wildman–Crippen LogP) is 6.12. The second-order valence-corrected chi connectivity index (χ2v) is 14.2. The van der Waals surface area contributed by atoms with Crippen molar-refractivity contribution in [2.45, 2.75) is 83.8 Å². The Kier molecular flexibility index (Phi) is 9.63. The van der Waals surface area contributed by atoms with Crippen molar-refractivity contribution in [3.05, 3.63) is 52.2 Å². The van der Waals surface area contributed by atoms with E-state index >= 15 is 0 Å². The molecule has 3 aliphatic rings. The van der Waals surface area contributed by atoms with Crippen LogP contribution < -0.4 is 14.8 Å². The van der Waals surface area contributed by atoms with Crippen LogP contribution in [-0.2, 0) is 19.1 Å². The van der Waals surface area contributed by atoms with E-state index in [0.29, 0.717) is 48.6 Å². The van der Waals surface area contributed by atoms with E-state index in [0.717, 1.165) is 46.4 Å². The Hall–Kier alpha value is -4.21. The summed E-state index contributed by atoms with van der Waals surface area (Å²) in [6.07, 6.45) is 4.98. The van der Waals surface area contributed by atoms with E-state index in [1.54, 1.807) is 26.0 Å². The number of carbonyl (C=O) groups excluding carboxylic acids is 3. The largest absolute Gasteiger partial charge is 0.496 e. The maximum atomic E-state index is 14.1. The number of aryl methyl sites for hydroxylation is 1. The second-order valence-electron chi connectivity index (χ2n) is 13.3. The SMILES string of the molecule is CCOC(=O)C12CC1=C=CCCCCN(C)C(=O)C1C[C@H](Oc3cc(-c4nc(C(C)C)cs4)nc4c(C)c(OC)ccc34)CC1C(=O)N2. The number of aromatic nitrogens is 2. The summed E-state index contributed by atoms with van der Waals surface area (Å²) in [6.45, 7) is 8.72. The first-order valence-electron chi connectivity index (χ1n) is 16.9. The summed E-state index contributed by atoms with van der Waals surface area (Å²) < 4.78 is 17.8. The average molecular weight is 673 g/mol. The molecular formula is C37H44N4O6S. The summed E-state index contributed by atoms with van der Waals surface area (Å²) >= 11 is 1.54. The van der Waals surface area contributed by atoms with Gasteiger partial charge in [0.25, 0.3) is 0 Å². The monoisotopic (exact) mass is 672 g/mol. The first-order chi connectivity index (χ1) is 23.1. The lowest BCUT2D eigenvalue weighted by atomic mass is 9.93. The summed E-state index contributed by atoms with van der Waals surface area (Å²) in [6, 6.07) is 5.74. The molecule has 254 valence electrons. The highest BCUT2D eigenvalue weighted by Gasteiger charge is 2.60. The lowest BCUT2D eigenvalue weighted by Crippen LogP contribution is -2.49. The van der Waals surface area contributed by atoms with Crippen molar-refractivity contribution in [1.29, 1.82) is 0 Å². The lowest BCUT2D eigenvalue weighted by molar-refractivity contribution is -0.149. The van der Waals surface area contributed by atoms with Gasteiger partial charge in [-0.25, -0.2) is 14.8 Å². The first kappa shape index (κ1) is 33.7. The number of amides is 2. The molecule has 1 N–H and O–H groups in total. The molecule has 2 saturated carbocycles. The first-order valence-corrected chi connectivity index (χ1v) is 17.7. The number of pyridine rings is 1. The summed E-state index contributed by atoms with van der Waals surface area (Å²) in [7, 11) is 3.43. The number of fused-ring (bicyclic) bond motifs is 3. The molecule has 2 fully saturated rings. The molecule has 2 amide bonds. The molecule has 0 bridgehead atoms. The number of methoxy groups -OCH3 is 1. The molecule has 1 aliphatic heterocycles. The molecule has 10 nitrogen and oxygen atoms in total. The summed E-state index contributed by atoms with van der Waals surface area (Å²) in [5.74, 6) is -0.612. The Bertz CT molecular complexity index is 1810. The number of carbonyl (C=O) groups is 3. The van der Waals surface area contributed by atoms with Crippen molar-refractivity contribution in [1.82, 2.24) is 20.2 Å². The van der Waals surface area contributed by atoms with E-state index in [-0.39, 0.29) is 24.3 Å². The molecule has 0 spiro atoms. The number of thiazole rings is 1. The molecule has 3 unspecified atom stereocenters. The van der Waals surface area contributed by atoms with E-state index < -0.39 is 29.4 Å². The predicted molar refractivity (Wildman–Crippen MR) is 184 cm³/mol. The molecule has 48 heavy (non-hydrogen) atoms. The summed E-state index contributed by atoms with van der Waals surface area (Å²) in [4.78, 5) is 52.7. The molecule has 2 aromatic heterocycles. The number of rotatable bonds is 7. The Balaban J connectivity index is 1.35. The van der Waals surface area contributed by atoms with Gasteiger partial charge in [-0.3, -0.25) is 9.59 Å². The molecule has 3 heterocycles. The van der Waals surface area contributed by atoms with Gasteiger partial charge < -0.3 is 24.4 Å². The third kappa shape index (κ3) is 6.45. The highest BCUT2D eigenvalue weighted by Crippen LogP contribution is 2.46. The van der Waals surface area contributed by atoms with E-state index in [2.05, 4.69) is 30.3 Å². The molecule has 11 heteroatoms. The zero-order chi connectivity index (χ0) is 34.2. The van der Waals surface area contributed by atoms with Gasteiger partial charge >= 0.3 is 5.97 Å². The summed E-state index contributed by atoms with van der Waals surface area (Å²) in [5, 5.41) is 6.65. The third-order valence-corrected chi connectivity index (χ3v) is 10.6. The molecule has 6 rings (SSSR count). The summed E-state index contributed by atoms with van der Waals surface area (Å²) in [5.41, 5.74) is 6.02. The Morgan fingerprint density at radius 2 is 1.96 bits per heavy atom. The second kappa shape index (κ2) is 13.7. The Morgan fingerprint density at radius 3 is 2.69 bits per heavy atom. The van der Waals surface area contributed by atoms with Crippen molar-refractivity contribution >= 4 is 40.0 Å². The van der Waals surface area contributed by atoms with Crippen LogP contribution in [0.3, 0.4) is 0 Å². The minimum absolute atomic E-state index is 0.0875. The van der Waals surface area contributed by atoms with Gasteiger partial charge in [-0.2, -0.15) is 0 Å². The minimum atomic E-state index is -1.23. The number of nitrogens with zero attached hydrogens (tertiary/aromatic N) is 3. The maximum Gasteiger partial charge on any atom is 0.337 e. The van der Waals surface area contributed by atoms with E-state index in [1.165, 1.54) is 11.3 Å². The normalized spacial score (nSPS) is 24.4. The maximum absolute atomic E-state index is 14.1. The van der Waals surface area contributed by atoms with Gasteiger partial charge in [0, 0.05) is 48.0 Å². The topological polar surface area (TPSA) is 120 Å². The standard InChI is InChI=1S/C37H44N4O6S/c1-7-46-36(44)37-19-23(37)12-10-8-9-11-15-41(5)35(43)27-17-24(16-26(27)33(42)40-37)47-31-18-28(34-39-29(20-48-34)21(2)3)38-32-22(4)30(45-6)14-13-25(31)32/h10,13-14,18,20-21,24,26-27H,7-9,11,15-17,19H2,1-6H3,(H,40,42)/t12?,24-,26?,27?,37?/m1/s1. The number of nitrogens with one attached hydrogen (secondary N) is 1. The van der Waals surface area contributed by atoms with E-state index in [9.17, 15) is 14.4 Å². The number of benzene rings is 1. The van der Waals surface area contributed by atoms with Gasteiger partial charge in [0.1, 0.15) is 28.3 Å². The van der Waals surface area contributed by atoms with Crippen LogP contribution in [0.2, 0.25) is 0 Å². The van der Waals surface area contributed by atoms with Crippen LogP contribution >= 0.6 is 11.3 Å². The van der Waals surface area contributed by atoms with Gasteiger partial charge in [0.05, 0.1) is 36.8 Å². The van der Waals surface area contributed by atoms with Gasteiger partial charge in [-0.05, 0) is 70.1 Å². The molecular weight excluding hydrogens is 628 g/mol. The van der Waals surface area contributed by atoms with Crippen molar-refractivity contribution in [3.63, 3.8) is 0 Å².